The van der Waals surface area contributed by atoms with Crippen molar-refractivity contribution in [3.8, 4) is 0 Å². The molecule has 1 saturated heterocycles. The number of aromatic nitrogens is 2. The molecule has 14 heteroatoms. The molecule has 24 heavy (non-hydrogen) atoms. The predicted molar refractivity (Wildman–Crippen MR) is 78.7 cm³/mol. The van der Waals surface area contributed by atoms with Gasteiger partial charge in [-0.2, -0.15) is 0 Å². The van der Waals surface area contributed by atoms with Gasteiger partial charge in [-0.1, -0.05) is 0 Å². The van der Waals surface area contributed by atoms with Crippen molar-refractivity contribution >= 4 is 16.1 Å². The lowest BCUT2D eigenvalue weighted by atomic mass is 10.2. The number of H-pyrrole nitrogens is 1. The van der Waals surface area contributed by atoms with E-state index < -0.39 is 52.4 Å². The van der Waals surface area contributed by atoms with Crippen LogP contribution in [0.1, 0.15) is 18.2 Å². The number of hydrogen-bond donors (Lipinski definition) is 4. The molecule has 12 nitrogen and oxygen atoms in total. The fourth-order valence-corrected chi connectivity index (χ4v) is 3.40. The van der Waals surface area contributed by atoms with Crippen LogP contribution in [-0.4, -0.2) is 43.3 Å². The molecule has 0 aliphatic carbocycles. The monoisotopic (exact) mass is 386 g/mol. The van der Waals surface area contributed by atoms with Crippen LogP contribution in [0.5, 0.6) is 0 Å². The number of rotatable bonds is 6. The van der Waals surface area contributed by atoms with Gasteiger partial charge in [-0.25, -0.2) is 13.7 Å². The second-order valence-corrected chi connectivity index (χ2v) is 7.55. The minimum Gasteiger partial charge on any atom is -0.390 e. The van der Waals surface area contributed by atoms with Crippen molar-refractivity contribution in [3.05, 3.63) is 32.6 Å². The maximum absolute atomic E-state index is 11.8. The summed E-state index contributed by atoms with van der Waals surface area (Å²) in [6, 6.07) is 0. The third kappa shape index (κ3) is 4.95. The lowest BCUT2D eigenvalue weighted by Crippen LogP contribution is -2.33. The zero-order valence-corrected chi connectivity index (χ0v) is 14.2. The van der Waals surface area contributed by atoms with Crippen molar-refractivity contribution < 1.29 is 37.6 Å². The molecule has 2 rings (SSSR count). The molecule has 1 aliphatic heterocycles. The Kier molecular flexibility index (Phi) is 5.95. The predicted octanol–water partition coefficient (Wildman–Crippen LogP) is -0.991. The summed E-state index contributed by atoms with van der Waals surface area (Å²) in [4.78, 5) is 42.2. The summed E-state index contributed by atoms with van der Waals surface area (Å²) in [5.74, 6) is 0. The Balaban J connectivity index is 2.01. The van der Waals surface area contributed by atoms with Gasteiger partial charge >= 0.3 is 21.8 Å². The second kappa shape index (κ2) is 7.42. The van der Waals surface area contributed by atoms with Crippen LogP contribution in [0.4, 0.5) is 0 Å². The molecule has 0 saturated carbocycles. The van der Waals surface area contributed by atoms with Crippen LogP contribution in [0.15, 0.2) is 15.8 Å². The molecule has 1 aromatic heterocycles. The average Bonchev–Trinajstić information content (AvgIpc) is 2.80. The molecule has 4 atom stereocenters. The van der Waals surface area contributed by atoms with E-state index in [4.69, 9.17) is 14.5 Å². The Morgan fingerprint density at radius 1 is 1.50 bits per heavy atom. The first kappa shape index (κ1) is 19.2. The van der Waals surface area contributed by atoms with E-state index in [1.165, 1.54) is 13.1 Å². The number of aromatic amines is 1. The highest BCUT2D eigenvalue weighted by atomic mass is 31.2. The Morgan fingerprint density at radius 3 is 2.79 bits per heavy atom. The Labute approximate surface area is 135 Å². The molecule has 0 bridgehead atoms. The van der Waals surface area contributed by atoms with Crippen molar-refractivity contribution in [2.75, 3.05) is 6.61 Å². The standard InChI is InChI=1S/C10H16N2O10P2/c1-5-3-12(10(15)11-9(5)14)8-2-6(13)7(21-8)4-20-23(16)22-24(17,18)19/h3,6-8,13,23H,2,4H2,1H3,(H,11,14,15)(H2,17,18,19)/t6-,7+,8+/m0/s1. The molecule has 2 heterocycles. The highest BCUT2D eigenvalue weighted by Gasteiger charge is 2.36. The molecule has 0 aromatic carbocycles. The first-order valence-corrected chi connectivity index (χ1v) is 9.40. The molecule has 1 unspecified atom stereocenters. The number of aliphatic hydroxyl groups is 1. The smallest absolute Gasteiger partial charge is 0.390 e. The lowest BCUT2D eigenvalue weighted by Gasteiger charge is -2.16. The molecule has 0 spiro atoms. The van der Waals surface area contributed by atoms with Crippen LogP contribution >= 0.6 is 16.1 Å². The minimum absolute atomic E-state index is 0.000299. The van der Waals surface area contributed by atoms with Gasteiger partial charge in [0, 0.05) is 18.2 Å². The molecule has 1 fully saturated rings. The summed E-state index contributed by atoms with van der Waals surface area (Å²) < 4.78 is 36.7. The summed E-state index contributed by atoms with van der Waals surface area (Å²) in [6.07, 6.45) is -1.69. The molecule has 1 aromatic rings. The fraction of sp³-hybridized carbons (Fsp3) is 0.600. The van der Waals surface area contributed by atoms with E-state index in [-0.39, 0.29) is 12.0 Å². The Morgan fingerprint density at radius 2 is 2.17 bits per heavy atom. The van der Waals surface area contributed by atoms with Crippen LogP contribution < -0.4 is 11.2 Å². The van der Waals surface area contributed by atoms with Gasteiger partial charge in [0.2, 0.25) is 0 Å². The number of ether oxygens (including phenoxy) is 1. The van der Waals surface area contributed by atoms with Gasteiger partial charge in [0.15, 0.2) is 0 Å². The molecular formula is C10H16N2O10P2. The van der Waals surface area contributed by atoms with Crippen molar-refractivity contribution in [2.45, 2.75) is 31.8 Å². The van der Waals surface area contributed by atoms with Crippen LogP contribution in [0, 0.1) is 6.92 Å². The topological polar surface area (TPSA) is 177 Å². The van der Waals surface area contributed by atoms with Crippen molar-refractivity contribution in [3.63, 3.8) is 0 Å². The minimum atomic E-state index is -4.95. The maximum atomic E-state index is 11.8. The van der Waals surface area contributed by atoms with Gasteiger partial charge in [-0.3, -0.25) is 18.9 Å². The summed E-state index contributed by atoms with van der Waals surface area (Å²) >= 11 is 0. The van der Waals surface area contributed by atoms with Gasteiger partial charge in [0.05, 0.1) is 12.7 Å². The van der Waals surface area contributed by atoms with Crippen LogP contribution in [-0.2, 0) is 22.7 Å². The number of hydrogen-bond acceptors (Lipinski definition) is 8. The molecular weight excluding hydrogens is 370 g/mol. The third-order valence-electron chi connectivity index (χ3n) is 3.22. The molecule has 136 valence electrons. The number of nitrogens with one attached hydrogen (secondary N) is 1. The summed E-state index contributed by atoms with van der Waals surface area (Å²) in [5, 5.41) is 9.90. The van der Waals surface area contributed by atoms with Gasteiger partial charge in [0.25, 0.3) is 5.56 Å². The lowest BCUT2D eigenvalue weighted by molar-refractivity contribution is -0.0412. The van der Waals surface area contributed by atoms with E-state index in [9.17, 15) is 23.8 Å². The highest BCUT2D eigenvalue weighted by molar-refractivity contribution is 7.55. The van der Waals surface area contributed by atoms with E-state index in [1.807, 2.05) is 0 Å². The van der Waals surface area contributed by atoms with E-state index in [2.05, 4.69) is 13.8 Å². The number of phosphoric acid groups is 1. The van der Waals surface area contributed by atoms with Gasteiger partial charge in [0.1, 0.15) is 12.3 Å². The van der Waals surface area contributed by atoms with Crippen LogP contribution in [0.2, 0.25) is 0 Å². The SMILES string of the molecule is Cc1cn([C@H]2C[C@H](O)[C@@H](CO[PH](=O)OP(=O)(O)O)O2)c(=O)[nH]c1=O. The fourth-order valence-electron chi connectivity index (χ4n) is 2.11. The van der Waals surface area contributed by atoms with Gasteiger partial charge < -0.3 is 24.2 Å². The zero-order chi connectivity index (χ0) is 18.1. The molecule has 0 radical (unpaired) electrons. The molecule has 0 amide bonds. The normalized spacial score (nSPS) is 25.8. The zero-order valence-electron chi connectivity index (χ0n) is 12.3. The van der Waals surface area contributed by atoms with Crippen molar-refractivity contribution in [1.82, 2.24) is 9.55 Å². The largest absolute Gasteiger partial charge is 0.476 e. The molecule has 4 N–H and O–H groups in total. The number of aliphatic hydroxyl groups excluding tert-OH is 1. The Hall–Kier alpha value is -1.10. The van der Waals surface area contributed by atoms with Crippen LogP contribution in [0.25, 0.3) is 0 Å². The molecule has 1 aliphatic rings. The highest BCUT2D eigenvalue weighted by Crippen LogP contribution is 2.48. The van der Waals surface area contributed by atoms with E-state index >= 15 is 0 Å². The second-order valence-electron chi connectivity index (χ2n) is 5.05. The van der Waals surface area contributed by atoms with E-state index in [0.29, 0.717) is 0 Å². The first-order valence-electron chi connectivity index (χ1n) is 6.64. The van der Waals surface area contributed by atoms with Crippen molar-refractivity contribution in [2.24, 2.45) is 0 Å². The van der Waals surface area contributed by atoms with Crippen LogP contribution in [0.3, 0.4) is 0 Å². The number of nitrogens with zero attached hydrogens (tertiary/aromatic N) is 1. The summed E-state index contributed by atoms with van der Waals surface area (Å²) in [7, 11) is -8.43. The quantitative estimate of drug-likeness (QED) is 0.444. The van der Waals surface area contributed by atoms with Crippen molar-refractivity contribution in [1.29, 1.82) is 0 Å². The average molecular weight is 386 g/mol. The summed E-state index contributed by atoms with van der Waals surface area (Å²) in [5.41, 5.74) is -0.988. The van der Waals surface area contributed by atoms with Gasteiger partial charge in [-0.15, -0.1) is 0 Å². The summed E-state index contributed by atoms with van der Waals surface area (Å²) in [6.45, 7) is 1.03. The van der Waals surface area contributed by atoms with Gasteiger partial charge in [-0.05, 0) is 6.92 Å². The maximum Gasteiger partial charge on any atom is 0.476 e. The van der Waals surface area contributed by atoms with E-state index in [1.54, 1.807) is 0 Å². The number of aryl methyl sites for hydroxylation is 1. The third-order valence-corrected chi connectivity index (χ3v) is 5.17. The first-order chi connectivity index (χ1) is 11.1. The van der Waals surface area contributed by atoms with E-state index in [0.717, 1.165) is 4.57 Å². The Bertz CT molecular complexity index is 783.